The molecule has 0 fully saturated rings. The van der Waals surface area contributed by atoms with Crippen LogP contribution in [0, 0.1) is 6.92 Å². The first-order valence-electron chi connectivity index (χ1n) is 5.20. The SMILES string of the molecule is CC.COc1cc2ccc(C)cc2cn1. The smallest absolute Gasteiger partial charge is 0.213 e. The second-order valence-corrected chi connectivity index (χ2v) is 3.08. The van der Waals surface area contributed by atoms with Gasteiger partial charge in [0.2, 0.25) is 5.88 Å². The maximum Gasteiger partial charge on any atom is 0.213 e. The standard InChI is InChI=1S/C11H11NO.C2H6/c1-8-3-4-9-6-11(13-2)12-7-10(9)5-8;1-2/h3-7H,1-2H3;1-2H3. The molecule has 1 aromatic carbocycles. The summed E-state index contributed by atoms with van der Waals surface area (Å²) in [6, 6.07) is 8.22. The van der Waals surface area contributed by atoms with Crippen LogP contribution in [0.4, 0.5) is 0 Å². The second-order valence-electron chi connectivity index (χ2n) is 3.08. The van der Waals surface area contributed by atoms with Gasteiger partial charge in [0.1, 0.15) is 0 Å². The predicted octanol–water partition coefficient (Wildman–Crippen LogP) is 3.58. The van der Waals surface area contributed by atoms with Crippen LogP contribution in [0.3, 0.4) is 0 Å². The van der Waals surface area contributed by atoms with Gasteiger partial charge in [-0.15, -0.1) is 0 Å². The van der Waals surface area contributed by atoms with Gasteiger partial charge >= 0.3 is 0 Å². The Bertz CT molecular complexity index is 437. The maximum absolute atomic E-state index is 5.04. The van der Waals surface area contributed by atoms with Crippen molar-refractivity contribution in [3.63, 3.8) is 0 Å². The van der Waals surface area contributed by atoms with E-state index in [1.807, 2.05) is 26.1 Å². The van der Waals surface area contributed by atoms with E-state index in [9.17, 15) is 0 Å². The Balaban J connectivity index is 0.000000531. The average Bonchev–Trinajstić information content (AvgIpc) is 2.31. The van der Waals surface area contributed by atoms with Gasteiger partial charge < -0.3 is 4.74 Å². The highest BCUT2D eigenvalue weighted by atomic mass is 16.5. The van der Waals surface area contributed by atoms with Crippen molar-refractivity contribution in [3.05, 3.63) is 36.0 Å². The monoisotopic (exact) mass is 203 g/mol. The Hall–Kier alpha value is -1.57. The average molecular weight is 203 g/mol. The van der Waals surface area contributed by atoms with Crippen LogP contribution >= 0.6 is 0 Å². The highest BCUT2D eigenvalue weighted by molar-refractivity contribution is 5.83. The maximum atomic E-state index is 5.04. The van der Waals surface area contributed by atoms with E-state index in [2.05, 4.69) is 30.1 Å². The van der Waals surface area contributed by atoms with Crippen molar-refractivity contribution in [3.8, 4) is 5.88 Å². The van der Waals surface area contributed by atoms with Crippen molar-refractivity contribution >= 4 is 10.8 Å². The Morgan fingerprint density at radius 1 is 1.07 bits per heavy atom. The molecule has 0 aliphatic carbocycles. The molecule has 0 aliphatic heterocycles. The van der Waals surface area contributed by atoms with Crippen molar-refractivity contribution in [2.24, 2.45) is 0 Å². The van der Waals surface area contributed by atoms with E-state index in [4.69, 9.17) is 4.74 Å². The van der Waals surface area contributed by atoms with Crippen LogP contribution in [-0.4, -0.2) is 12.1 Å². The van der Waals surface area contributed by atoms with Gasteiger partial charge in [-0.05, 0) is 18.4 Å². The molecule has 0 unspecified atom stereocenters. The summed E-state index contributed by atoms with van der Waals surface area (Å²) in [4.78, 5) is 4.14. The second kappa shape index (κ2) is 5.35. The Morgan fingerprint density at radius 2 is 1.80 bits per heavy atom. The molecule has 0 amide bonds. The minimum absolute atomic E-state index is 0.663. The van der Waals surface area contributed by atoms with Crippen molar-refractivity contribution in [1.82, 2.24) is 4.98 Å². The van der Waals surface area contributed by atoms with Crippen LogP contribution in [0.25, 0.3) is 10.8 Å². The van der Waals surface area contributed by atoms with Crippen LogP contribution < -0.4 is 4.74 Å². The number of benzene rings is 1. The molecule has 2 nitrogen and oxygen atoms in total. The molecule has 1 aromatic heterocycles. The Morgan fingerprint density at radius 3 is 2.47 bits per heavy atom. The van der Waals surface area contributed by atoms with E-state index in [1.165, 1.54) is 5.56 Å². The summed E-state index contributed by atoms with van der Waals surface area (Å²) >= 11 is 0. The van der Waals surface area contributed by atoms with Crippen LogP contribution in [0.15, 0.2) is 30.5 Å². The van der Waals surface area contributed by atoms with Crippen LogP contribution in [-0.2, 0) is 0 Å². The van der Waals surface area contributed by atoms with E-state index in [0.717, 1.165) is 10.8 Å². The zero-order valence-electron chi connectivity index (χ0n) is 9.74. The summed E-state index contributed by atoms with van der Waals surface area (Å²) in [7, 11) is 1.63. The van der Waals surface area contributed by atoms with Gasteiger partial charge in [0.15, 0.2) is 0 Å². The van der Waals surface area contributed by atoms with Crippen molar-refractivity contribution < 1.29 is 4.74 Å². The Kier molecular flexibility index (Phi) is 4.10. The highest BCUT2D eigenvalue weighted by Gasteiger charge is 1.96. The molecule has 1 heterocycles. The van der Waals surface area contributed by atoms with E-state index < -0.39 is 0 Å². The number of nitrogens with zero attached hydrogens (tertiary/aromatic N) is 1. The van der Waals surface area contributed by atoms with E-state index in [1.54, 1.807) is 7.11 Å². The largest absolute Gasteiger partial charge is 0.481 e. The first kappa shape index (κ1) is 11.5. The fraction of sp³-hybridized carbons (Fsp3) is 0.308. The molecular weight excluding hydrogens is 186 g/mol. The van der Waals surface area contributed by atoms with E-state index in [0.29, 0.717) is 5.88 Å². The zero-order valence-corrected chi connectivity index (χ0v) is 9.74. The normalized spacial score (nSPS) is 9.33. The molecule has 15 heavy (non-hydrogen) atoms. The topological polar surface area (TPSA) is 22.1 Å². The van der Waals surface area contributed by atoms with Crippen molar-refractivity contribution in [2.75, 3.05) is 7.11 Å². The fourth-order valence-corrected chi connectivity index (χ4v) is 1.35. The predicted molar refractivity (Wildman–Crippen MR) is 64.4 cm³/mol. The molecule has 0 spiro atoms. The zero-order chi connectivity index (χ0) is 11.3. The van der Waals surface area contributed by atoms with Gasteiger partial charge in [-0.3, -0.25) is 0 Å². The molecule has 2 rings (SSSR count). The lowest BCUT2D eigenvalue weighted by molar-refractivity contribution is 0.399. The third kappa shape index (κ3) is 2.69. The molecule has 2 heteroatoms. The molecule has 0 aliphatic rings. The summed E-state index contributed by atoms with van der Waals surface area (Å²) < 4.78 is 5.04. The molecule has 0 saturated carbocycles. The number of hydrogen-bond acceptors (Lipinski definition) is 2. The number of fused-ring (bicyclic) bond motifs is 1. The Labute approximate surface area is 90.9 Å². The van der Waals surface area contributed by atoms with E-state index >= 15 is 0 Å². The van der Waals surface area contributed by atoms with E-state index in [-0.39, 0.29) is 0 Å². The lowest BCUT2D eigenvalue weighted by atomic mass is 10.1. The highest BCUT2D eigenvalue weighted by Crippen LogP contribution is 2.18. The van der Waals surface area contributed by atoms with Gasteiger partial charge in [-0.2, -0.15) is 0 Å². The lowest BCUT2D eigenvalue weighted by Crippen LogP contribution is -1.86. The number of rotatable bonds is 1. The first-order chi connectivity index (χ1) is 7.29. The third-order valence-corrected chi connectivity index (χ3v) is 2.06. The third-order valence-electron chi connectivity index (χ3n) is 2.06. The quantitative estimate of drug-likeness (QED) is 0.706. The van der Waals surface area contributed by atoms with Crippen molar-refractivity contribution in [1.29, 1.82) is 0 Å². The summed E-state index contributed by atoms with van der Waals surface area (Å²) in [5.74, 6) is 0.663. The van der Waals surface area contributed by atoms with Crippen molar-refractivity contribution in [2.45, 2.75) is 20.8 Å². The first-order valence-corrected chi connectivity index (χ1v) is 5.20. The number of aromatic nitrogens is 1. The number of ether oxygens (including phenoxy) is 1. The van der Waals surface area contributed by atoms with Gasteiger partial charge in [-0.25, -0.2) is 4.98 Å². The summed E-state index contributed by atoms with van der Waals surface area (Å²) in [6.45, 7) is 6.07. The van der Waals surface area contributed by atoms with Gasteiger partial charge in [0, 0.05) is 17.6 Å². The van der Waals surface area contributed by atoms with Crippen LogP contribution in [0.1, 0.15) is 19.4 Å². The number of hydrogen-bond donors (Lipinski definition) is 0. The molecule has 0 radical (unpaired) electrons. The molecule has 0 N–H and O–H groups in total. The number of pyridine rings is 1. The summed E-state index contributed by atoms with van der Waals surface area (Å²) in [5.41, 5.74) is 1.25. The summed E-state index contributed by atoms with van der Waals surface area (Å²) in [6.07, 6.45) is 1.83. The number of methoxy groups -OCH3 is 1. The fourth-order valence-electron chi connectivity index (χ4n) is 1.35. The lowest BCUT2D eigenvalue weighted by Gasteiger charge is -2.01. The minimum Gasteiger partial charge on any atom is -0.481 e. The molecule has 80 valence electrons. The molecular formula is C13H17NO. The minimum atomic E-state index is 0.663. The molecule has 0 saturated heterocycles. The molecule has 2 aromatic rings. The van der Waals surface area contributed by atoms with Gasteiger partial charge in [0.05, 0.1) is 7.11 Å². The molecule has 0 bridgehead atoms. The number of aryl methyl sites for hydroxylation is 1. The molecule has 0 atom stereocenters. The summed E-state index contributed by atoms with van der Waals surface area (Å²) in [5, 5.41) is 2.32. The van der Waals surface area contributed by atoms with Gasteiger partial charge in [-0.1, -0.05) is 31.5 Å². The van der Waals surface area contributed by atoms with Gasteiger partial charge in [0.25, 0.3) is 0 Å². The van der Waals surface area contributed by atoms with Crippen LogP contribution in [0.2, 0.25) is 0 Å². The van der Waals surface area contributed by atoms with Crippen LogP contribution in [0.5, 0.6) is 5.88 Å².